The average Bonchev–Trinajstić information content (AvgIpc) is 2.16. The number of benzene rings is 1. The molecule has 0 heterocycles. The van der Waals surface area contributed by atoms with E-state index in [-0.39, 0.29) is 0 Å². The summed E-state index contributed by atoms with van der Waals surface area (Å²) in [5.41, 5.74) is 4.45. The van der Waals surface area contributed by atoms with Gasteiger partial charge in [-0.25, -0.2) is 0 Å². The third-order valence-corrected chi connectivity index (χ3v) is 2.61. The van der Waals surface area contributed by atoms with Crippen LogP contribution in [0.3, 0.4) is 0 Å². The second kappa shape index (κ2) is 5.06. The first-order valence-corrected chi connectivity index (χ1v) is 5.36. The van der Waals surface area contributed by atoms with Crippen LogP contribution in [0.5, 0.6) is 0 Å². The predicted molar refractivity (Wildman–Crippen MR) is 59.2 cm³/mol. The largest absolute Gasteiger partial charge is 0.0654 e. The van der Waals surface area contributed by atoms with Crippen LogP contribution in [-0.2, 0) is 12.8 Å². The smallest absolute Gasteiger partial charge is 0.0276 e. The molecule has 0 N–H and O–H groups in total. The molecule has 72 valence electrons. The van der Waals surface area contributed by atoms with Crippen LogP contribution in [-0.4, -0.2) is 0 Å². The average molecular weight is 176 g/mol. The van der Waals surface area contributed by atoms with Crippen molar-refractivity contribution in [3.63, 3.8) is 0 Å². The lowest BCUT2D eigenvalue weighted by molar-refractivity contribution is 0.790. The third kappa shape index (κ3) is 2.87. The normalized spacial score (nSPS) is 10.4. The summed E-state index contributed by atoms with van der Waals surface area (Å²) in [4.78, 5) is 0. The Labute approximate surface area is 82.0 Å². The van der Waals surface area contributed by atoms with E-state index in [9.17, 15) is 0 Å². The summed E-state index contributed by atoms with van der Waals surface area (Å²) in [6.45, 7) is 6.68. The van der Waals surface area contributed by atoms with Crippen LogP contribution >= 0.6 is 0 Å². The van der Waals surface area contributed by atoms with Crippen molar-refractivity contribution >= 4 is 0 Å². The molecule has 0 aliphatic rings. The van der Waals surface area contributed by atoms with E-state index in [1.54, 1.807) is 0 Å². The van der Waals surface area contributed by atoms with E-state index in [4.69, 9.17) is 0 Å². The molecular formula is C13H20. The van der Waals surface area contributed by atoms with Crippen LogP contribution < -0.4 is 0 Å². The molecule has 0 fully saturated rings. The van der Waals surface area contributed by atoms with Gasteiger partial charge in [-0.15, -0.1) is 0 Å². The molecule has 0 aliphatic heterocycles. The number of rotatable bonds is 4. The van der Waals surface area contributed by atoms with Gasteiger partial charge in [0.2, 0.25) is 0 Å². The maximum Gasteiger partial charge on any atom is -0.0276 e. The molecule has 0 nitrogen and oxygen atoms in total. The molecule has 1 aromatic rings. The van der Waals surface area contributed by atoms with Gasteiger partial charge < -0.3 is 0 Å². The summed E-state index contributed by atoms with van der Waals surface area (Å²) in [6.07, 6.45) is 4.99. The molecule has 0 amide bonds. The Bertz CT molecular complexity index is 261. The van der Waals surface area contributed by atoms with E-state index in [1.807, 2.05) is 0 Å². The Hall–Kier alpha value is -0.780. The molecule has 0 radical (unpaired) electrons. The zero-order valence-corrected chi connectivity index (χ0v) is 9.06. The fourth-order valence-corrected chi connectivity index (χ4v) is 1.63. The predicted octanol–water partition coefficient (Wildman–Crippen LogP) is 3.90. The fraction of sp³-hybridized carbons (Fsp3) is 0.538. The SMILES string of the molecule is CCCCc1ccc(CC)cc1C. The van der Waals surface area contributed by atoms with E-state index in [0.29, 0.717) is 0 Å². The minimum Gasteiger partial charge on any atom is -0.0654 e. The molecular weight excluding hydrogens is 156 g/mol. The highest BCUT2D eigenvalue weighted by Crippen LogP contribution is 2.14. The molecule has 0 saturated carbocycles. The van der Waals surface area contributed by atoms with Crippen molar-refractivity contribution in [1.29, 1.82) is 0 Å². The highest BCUT2D eigenvalue weighted by atomic mass is 14.0. The standard InChI is InChI=1S/C13H20/c1-4-6-7-13-9-8-12(5-2)10-11(13)3/h8-10H,4-7H2,1-3H3. The molecule has 0 saturated heterocycles. The summed E-state index contributed by atoms with van der Waals surface area (Å²) >= 11 is 0. The third-order valence-electron chi connectivity index (χ3n) is 2.61. The zero-order chi connectivity index (χ0) is 9.68. The quantitative estimate of drug-likeness (QED) is 0.652. The van der Waals surface area contributed by atoms with Crippen molar-refractivity contribution in [2.24, 2.45) is 0 Å². The number of unbranched alkanes of at least 4 members (excludes halogenated alkanes) is 1. The molecule has 0 heteroatoms. The van der Waals surface area contributed by atoms with Crippen molar-refractivity contribution in [1.82, 2.24) is 0 Å². The number of hydrogen-bond donors (Lipinski definition) is 0. The highest BCUT2D eigenvalue weighted by Gasteiger charge is 1.98. The van der Waals surface area contributed by atoms with Gasteiger partial charge >= 0.3 is 0 Å². The zero-order valence-electron chi connectivity index (χ0n) is 9.06. The minimum absolute atomic E-state index is 1.15. The molecule has 0 atom stereocenters. The molecule has 0 spiro atoms. The summed E-state index contributed by atoms with van der Waals surface area (Å²) in [7, 11) is 0. The van der Waals surface area contributed by atoms with Crippen LogP contribution in [0.1, 0.15) is 43.4 Å². The maximum atomic E-state index is 2.32. The summed E-state index contributed by atoms with van der Waals surface area (Å²) < 4.78 is 0. The summed E-state index contributed by atoms with van der Waals surface area (Å²) in [5.74, 6) is 0. The van der Waals surface area contributed by atoms with Crippen LogP contribution in [0, 0.1) is 6.92 Å². The Balaban J connectivity index is 2.73. The maximum absolute atomic E-state index is 2.32. The molecule has 0 unspecified atom stereocenters. The van der Waals surface area contributed by atoms with Gasteiger partial charge in [0.1, 0.15) is 0 Å². The Morgan fingerprint density at radius 1 is 1.15 bits per heavy atom. The topological polar surface area (TPSA) is 0 Å². The van der Waals surface area contributed by atoms with E-state index >= 15 is 0 Å². The molecule has 0 aromatic heterocycles. The highest BCUT2D eigenvalue weighted by molar-refractivity contribution is 5.31. The van der Waals surface area contributed by atoms with E-state index in [1.165, 1.54) is 36.0 Å². The van der Waals surface area contributed by atoms with Gasteiger partial charge in [0.05, 0.1) is 0 Å². The van der Waals surface area contributed by atoms with E-state index in [2.05, 4.69) is 39.0 Å². The lowest BCUT2D eigenvalue weighted by atomic mass is 10.00. The van der Waals surface area contributed by atoms with Gasteiger partial charge in [0.15, 0.2) is 0 Å². The second-order valence-corrected chi connectivity index (χ2v) is 3.72. The molecule has 0 bridgehead atoms. The number of aryl methyl sites for hydroxylation is 3. The van der Waals surface area contributed by atoms with Crippen LogP contribution in [0.4, 0.5) is 0 Å². The van der Waals surface area contributed by atoms with Crippen molar-refractivity contribution < 1.29 is 0 Å². The van der Waals surface area contributed by atoms with Crippen molar-refractivity contribution in [2.75, 3.05) is 0 Å². The Morgan fingerprint density at radius 3 is 2.46 bits per heavy atom. The Kier molecular flexibility index (Phi) is 4.01. The van der Waals surface area contributed by atoms with E-state index in [0.717, 1.165) is 6.42 Å². The van der Waals surface area contributed by atoms with Crippen LogP contribution in [0.2, 0.25) is 0 Å². The molecule has 1 aromatic carbocycles. The first kappa shape index (κ1) is 10.3. The van der Waals surface area contributed by atoms with E-state index < -0.39 is 0 Å². The number of hydrogen-bond acceptors (Lipinski definition) is 0. The molecule has 0 aliphatic carbocycles. The van der Waals surface area contributed by atoms with Crippen molar-refractivity contribution in [2.45, 2.75) is 46.5 Å². The lowest BCUT2D eigenvalue weighted by Crippen LogP contribution is -1.91. The van der Waals surface area contributed by atoms with Gasteiger partial charge in [-0.3, -0.25) is 0 Å². The first-order valence-electron chi connectivity index (χ1n) is 5.36. The van der Waals surface area contributed by atoms with Gasteiger partial charge in [-0.2, -0.15) is 0 Å². The summed E-state index contributed by atoms with van der Waals surface area (Å²) in [5, 5.41) is 0. The minimum atomic E-state index is 1.15. The van der Waals surface area contributed by atoms with Gasteiger partial charge in [-0.1, -0.05) is 38.5 Å². The lowest BCUT2D eigenvalue weighted by Gasteiger charge is -2.06. The second-order valence-electron chi connectivity index (χ2n) is 3.72. The molecule has 1 rings (SSSR count). The van der Waals surface area contributed by atoms with Gasteiger partial charge in [0, 0.05) is 0 Å². The summed E-state index contributed by atoms with van der Waals surface area (Å²) in [6, 6.07) is 6.88. The van der Waals surface area contributed by atoms with Gasteiger partial charge in [-0.05, 0) is 42.9 Å². The van der Waals surface area contributed by atoms with Crippen molar-refractivity contribution in [3.05, 3.63) is 34.9 Å². The van der Waals surface area contributed by atoms with Crippen LogP contribution in [0.25, 0.3) is 0 Å². The first-order chi connectivity index (χ1) is 6.27. The van der Waals surface area contributed by atoms with Crippen LogP contribution in [0.15, 0.2) is 18.2 Å². The fourth-order valence-electron chi connectivity index (χ4n) is 1.63. The monoisotopic (exact) mass is 176 g/mol. The Morgan fingerprint density at radius 2 is 1.92 bits per heavy atom. The molecule has 13 heavy (non-hydrogen) atoms. The van der Waals surface area contributed by atoms with Gasteiger partial charge in [0.25, 0.3) is 0 Å². The van der Waals surface area contributed by atoms with Crippen molar-refractivity contribution in [3.8, 4) is 0 Å².